The second-order valence-corrected chi connectivity index (χ2v) is 10.3. The van der Waals surface area contributed by atoms with Crippen molar-refractivity contribution in [1.29, 1.82) is 0 Å². The van der Waals surface area contributed by atoms with Crippen molar-refractivity contribution in [3.05, 3.63) is 56.9 Å². The number of esters is 1. The van der Waals surface area contributed by atoms with Crippen LogP contribution in [0.4, 0.5) is 0 Å². The largest absolute Gasteiger partial charge is 0.479 e. The normalized spacial score (nSPS) is 28.5. The van der Waals surface area contributed by atoms with Crippen molar-refractivity contribution in [2.24, 2.45) is 5.73 Å². The van der Waals surface area contributed by atoms with Gasteiger partial charge in [-0.3, -0.25) is 4.79 Å². The van der Waals surface area contributed by atoms with E-state index in [2.05, 4.69) is 0 Å². The minimum atomic E-state index is -1.95. The number of cyclic esters (lactones) is 1. The van der Waals surface area contributed by atoms with E-state index < -0.39 is 53.8 Å². The first-order valence-corrected chi connectivity index (χ1v) is 12.9. The van der Waals surface area contributed by atoms with Gasteiger partial charge in [0.25, 0.3) is 5.56 Å². The van der Waals surface area contributed by atoms with E-state index in [0.29, 0.717) is 33.4 Å². The molecule has 0 saturated carbocycles. The highest BCUT2D eigenvalue weighted by Crippen LogP contribution is 2.40. The zero-order valence-electron chi connectivity index (χ0n) is 21.7. The number of carbonyl (C=O) groups is 2. The fourth-order valence-corrected chi connectivity index (χ4v) is 5.69. The van der Waals surface area contributed by atoms with Crippen LogP contribution in [0.25, 0.3) is 22.3 Å². The van der Waals surface area contributed by atoms with Crippen LogP contribution in [-0.4, -0.2) is 77.7 Å². The van der Waals surface area contributed by atoms with Gasteiger partial charge in [0, 0.05) is 28.6 Å². The lowest BCUT2D eigenvalue weighted by Gasteiger charge is -2.38. The Kier molecular flexibility index (Phi) is 6.37. The topological polar surface area (TPSA) is 224 Å². The summed E-state index contributed by atoms with van der Waals surface area (Å²) in [6.07, 6.45) is -8.91. The second-order valence-electron chi connectivity index (χ2n) is 10.3. The zero-order chi connectivity index (χ0) is 29.4. The molecule has 2 aromatic heterocycles. The number of nitrogens with zero attached hydrogens (tertiary/aromatic N) is 2. The Labute approximate surface area is 231 Å². The molecule has 7 N–H and O–H groups in total. The Balaban J connectivity index is 1.41. The van der Waals surface area contributed by atoms with Crippen LogP contribution in [0.1, 0.15) is 35.6 Å². The first-order valence-electron chi connectivity index (χ1n) is 12.9. The van der Waals surface area contributed by atoms with Crippen LogP contribution in [0.15, 0.2) is 29.1 Å². The molecule has 3 aromatic rings. The number of aliphatic carboxylic acids is 1. The highest BCUT2D eigenvalue weighted by atomic mass is 16.7. The van der Waals surface area contributed by atoms with Crippen LogP contribution in [0.3, 0.4) is 0 Å². The SMILES string of the molecule is CC[C@@]1(O)C(=O)OCc2c1cc1n(c2=O)Cc2cc3c(CN)c(O[C@@H]4O[C@H](C(=O)O)[C@@H](O)[C@H](O)[C@H]4O)ccc3nc2-1. The van der Waals surface area contributed by atoms with Crippen LogP contribution in [0.5, 0.6) is 5.75 Å². The molecule has 14 heteroatoms. The van der Waals surface area contributed by atoms with Gasteiger partial charge in [0.15, 0.2) is 11.7 Å². The molecule has 1 aromatic carbocycles. The van der Waals surface area contributed by atoms with E-state index in [1.807, 2.05) is 0 Å². The minimum absolute atomic E-state index is 0.0188. The molecule has 0 spiro atoms. The number of carboxylic acid groups (broad SMARTS) is 1. The van der Waals surface area contributed by atoms with Crippen molar-refractivity contribution < 1.29 is 49.3 Å². The van der Waals surface area contributed by atoms with Crippen molar-refractivity contribution >= 4 is 22.8 Å². The first kappa shape index (κ1) is 27.3. The number of aromatic nitrogens is 2. The van der Waals surface area contributed by atoms with Crippen LogP contribution >= 0.6 is 0 Å². The maximum Gasteiger partial charge on any atom is 0.343 e. The number of rotatable bonds is 5. The molecule has 3 aliphatic heterocycles. The molecule has 0 aliphatic carbocycles. The molecule has 0 bridgehead atoms. The van der Waals surface area contributed by atoms with Gasteiger partial charge in [-0.2, -0.15) is 0 Å². The molecule has 0 amide bonds. The average Bonchev–Trinajstić information content (AvgIpc) is 3.31. The molecule has 5 heterocycles. The van der Waals surface area contributed by atoms with E-state index >= 15 is 0 Å². The van der Waals surface area contributed by atoms with Crippen LogP contribution in [-0.2, 0) is 44.4 Å². The van der Waals surface area contributed by atoms with Gasteiger partial charge in [0.1, 0.15) is 30.7 Å². The molecule has 6 rings (SSSR count). The Morgan fingerprint density at radius 2 is 1.95 bits per heavy atom. The third-order valence-corrected chi connectivity index (χ3v) is 8.02. The summed E-state index contributed by atoms with van der Waals surface area (Å²) in [6, 6.07) is 6.47. The van der Waals surface area contributed by atoms with Gasteiger partial charge in [-0.25, -0.2) is 14.6 Å². The van der Waals surface area contributed by atoms with Gasteiger partial charge in [-0.1, -0.05) is 6.92 Å². The summed E-state index contributed by atoms with van der Waals surface area (Å²) in [7, 11) is 0. The quantitative estimate of drug-likeness (QED) is 0.156. The summed E-state index contributed by atoms with van der Waals surface area (Å²) in [5, 5.41) is 51.4. The number of aliphatic hydroxyl groups is 4. The summed E-state index contributed by atoms with van der Waals surface area (Å²) in [4.78, 5) is 42.0. The van der Waals surface area contributed by atoms with Gasteiger partial charge in [0.05, 0.1) is 29.0 Å². The van der Waals surface area contributed by atoms with Crippen molar-refractivity contribution in [1.82, 2.24) is 9.55 Å². The van der Waals surface area contributed by atoms with Crippen LogP contribution in [0.2, 0.25) is 0 Å². The third kappa shape index (κ3) is 3.94. The number of aliphatic hydroxyl groups excluding tert-OH is 3. The standard InChI is InChI=1S/C27H27N3O11/c1-2-27(38)14-6-16-18-10(8-30(16)23(34)13(14)9-39-26(27)37)5-11-12(7-28)17(4-3-15(11)29-18)40-25-21(33)19(31)20(32)22(41-25)24(35)36/h3-6,19-22,25,31-33,38H,2,7-9,28H2,1H3,(H,35,36)/t19-,20-,21+,22-,25+,27-/m0/s1. The molecule has 41 heavy (non-hydrogen) atoms. The fourth-order valence-electron chi connectivity index (χ4n) is 5.69. The van der Waals surface area contributed by atoms with Crippen LogP contribution < -0.4 is 16.0 Å². The highest BCUT2D eigenvalue weighted by molar-refractivity contribution is 5.89. The summed E-state index contributed by atoms with van der Waals surface area (Å²) in [5.41, 5.74) is 6.60. The van der Waals surface area contributed by atoms with E-state index in [-0.39, 0.29) is 43.0 Å². The molecule has 0 unspecified atom stereocenters. The predicted molar refractivity (Wildman–Crippen MR) is 137 cm³/mol. The summed E-state index contributed by atoms with van der Waals surface area (Å²) >= 11 is 0. The molecule has 6 atom stereocenters. The Bertz CT molecular complexity index is 1670. The molecular weight excluding hydrogens is 542 g/mol. The lowest BCUT2D eigenvalue weighted by atomic mass is 9.86. The summed E-state index contributed by atoms with van der Waals surface area (Å²) in [6.45, 7) is 1.47. The van der Waals surface area contributed by atoms with E-state index in [1.54, 1.807) is 25.1 Å². The molecule has 14 nitrogen and oxygen atoms in total. The van der Waals surface area contributed by atoms with Crippen molar-refractivity contribution in [2.45, 2.75) is 69.3 Å². The van der Waals surface area contributed by atoms with Gasteiger partial charge in [-0.05, 0) is 30.7 Å². The molecule has 0 radical (unpaired) electrons. The summed E-state index contributed by atoms with van der Waals surface area (Å²) < 4.78 is 17.6. The van der Waals surface area contributed by atoms with Crippen molar-refractivity contribution in [3.63, 3.8) is 0 Å². The van der Waals surface area contributed by atoms with E-state index in [0.717, 1.165) is 0 Å². The number of pyridine rings is 2. The van der Waals surface area contributed by atoms with E-state index in [1.165, 1.54) is 10.6 Å². The number of fused-ring (bicyclic) bond motifs is 5. The lowest BCUT2D eigenvalue weighted by Crippen LogP contribution is -2.61. The van der Waals surface area contributed by atoms with Crippen LogP contribution in [0, 0.1) is 0 Å². The number of carbonyl (C=O) groups excluding carboxylic acids is 1. The number of nitrogens with two attached hydrogens (primary N) is 1. The van der Waals surface area contributed by atoms with Gasteiger partial charge < -0.3 is 50.0 Å². The average molecular weight is 570 g/mol. The highest BCUT2D eigenvalue weighted by Gasteiger charge is 2.48. The summed E-state index contributed by atoms with van der Waals surface area (Å²) in [5.74, 6) is -2.23. The Morgan fingerprint density at radius 3 is 2.63 bits per heavy atom. The minimum Gasteiger partial charge on any atom is -0.479 e. The maximum absolute atomic E-state index is 13.4. The molecule has 1 saturated heterocycles. The molecular formula is C27H27N3O11. The van der Waals surface area contributed by atoms with Gasteiger partial charge >= 0.3 is 11.9 Å². The molecule has 216 valence electrons. The Morgan fingerprint density at radius 1 is 1.20 bits per heavy atom. The molecule has 3 aliphatic rings. The number of ether oxygens (including phenoxy) is 3. The van der Waals surface area contributed by atoms with Crippen molar-refractivity contribution in [2.75, 3.05) is 0 Å². The lowest BCUT2D eigenvalue weighted by molar-refractivity contribution is -0.271. The number of hydrogen-bond donors (Lipinski definition) is 6. The van der Waals surface area contributed by atoms with E-state index in [9.17, 15) is 39.9 Å². The first-order chi connectivity index (χ1) is 19.5. The second kappa shape index (κ2) is 9.58. The smallest absolute Gasteiger partial charge is 0.343 e. The fraction of sp³-hybridized carbons (Fsp3) is 0.407. The monoisotopic (exact) mass is 569 g/mol. The van der Waals surface area contributed by atoms with Gasteiger partial charge in [-0.15, -0.1) is 0 Å². The zero-order valence-corrected chi connectivity index (χ0v) is 21.7. The predicted octanol–water partition coefficient (Wildman–Crippen LogP) is -1.19. The number of carboxylic acids is 1. The van der Waals surface area contributed by atoms with Gasteiger partial charge in [0.2, 0.25) is 6.29 Å². The number of hydrogen-bond acceptors (Lipinski definition) is 12. The maximum atomic E-state index is 13.4. The third-order valence-electron chi connectivity index (χ3n) is 8.02. The number of benzene rings is 1. The van der Waals surface area contributed by atoms with E-state index in [4.69, 9.17) is 24.9 Å². The van der Waals surface area contributed by atoms with Crippen molar-refractivity contribution in [3.8, 4) is 17.1 Å². The Hall–Kier alpha value is -3.92. The molecule has 1 fully saturated rings.